The van der Waals surface area contributed by atoms with Crippen molar-refractivity contribution in [3.63, 3.8) is 0 Å². The molecule has 0 aliphatic carbocycles. The first-order valence-corrected chi connectivity index (χ1v) is 0.493. The van der Waals surface area contributed by atoms with E-state index in [1.54, 1.807) is 0 Å². The largest absolute Gasteiger partial charge is 0.361 e. The monoisotopic (exact) mass is 61.0 g/mol. The van der Waals surface area contributed by atoms with Crippen LogP contribution in [-0.2, 0) is 4.79 Å². The number of nitrogens with two attached hydrogens (primary N) is 1. The van der Waals surface area contributed by atoms with Crippen LogP contribution in [0.3, 0.4) is 0 Å². The topological polar surface area (TPSA) is 78.1 Å². The number of rotatable bonds is 0. The Morgan fingerprint density at radius 3 is 1.75 bits per heavy atom. The SMILES string of the molecule is N.N[C]=O. The normalized spacial score (nSPS) is 3.00. The molecule has 0 aliphatic heterocycles. The molecule has 0 bridgehead atoms. The lowest BCUT2D eigenvalue weighted by atomic mass is 11.5. The lowest BCUT2D eigenvalue weighted by molar-refractivity contribution is 0.557. The molecule has 25 valence electrons. The number of primary amides is 1. The van der Waals surface area contributed by atoms with Gasteiger partial charge in [0.05, 0.1) is 0 Å². The van der Waals surface area contributed by atoms with Crippen molar-refractivity contribution in [1.82, 2.24) is 6.15 Å². The second-order valence-corrected chi connectivity index (χ2v) is 0.118. The molecule has 0 saturated heterocycles. The first kappa shape index (κ1) is 9.90. The van der Waals surface area contributed by atoms with E-state index < -0.39 is 0 Å². The third-order valence-corrected chi connectivity index (χ3v) is 0. The van der Waals surface area contributed by atoms with Gasteiger partial charge in [-0.25, -0.2) is 0 Å². The molecule has 0 unspecified atom stereocenters. The summed E-state index contributed by atoms with van der Waals surface area (Å²) >= 11 is 0. The lowest BCUT2D eigenvalue weighted by Crippen LogP contribution is -1.82. The molecule has 3 heteroatoms. The van der Waals surface area contributed by atoms with Crippen LogP contribution in [0.2, 0.25) is 0 Å². The van der Waals surface area contributed by atoms with Crippen LogP contribution in [-0.4, -0.2) is 6.41 Å². The van der Waals surface area contributed by atoms with Crippen LogP contribution in [0.15, 0.2) is 0 Å². The zero-order chi connectivity index (χ0) is 2.71. The van der Waals surface area contributed by atoms with Gasteiger partial charge in [0.1, 0.15) is 0 Å². The lowest BCUT2D eigenvalue weighted by Gasteiger charge is -1.28. The fraction of sp³-hybridized carbons (Fsp3) is 0. The van der Waals surface area contributed by atoms with Crippen molar-refractivity contribution < 1.29 is 4.79 Å². The molecule has 0 heterocycles. The Hall–Kier alpha value is -0.570. The number of hydrogen-bond acceptors (Lipinski definition) is 2. The number of carbonyl (C=O) groups excluding carboxylic acids is 1. The van der Waals surface area contributed by atoms with Gasteiger partial charge in [-0.05, 0) is 0 Å². The van der Waals surface area contributed by atoms with Gasteiger partial charge in [-0.15, -0.1) is 0 Å². The van der Waals surface area contributed by atoms with Gasteiger partial charge in [0, 0.05) is 0 Å². The molecule has 0 rings (SSSR count). The molecule has 1 radical (unpaired) electrons. The molecule has 1 amide bonds. The molecule has 0 spiro atoms. The van der Waals surface area contributed by atoms with Gasteiger partial charge in [-0.1, -0.05) is 0 Å². The molecule has 4 heavy (non-hydrogen) atoms. The van der Waals surface area contributed by atoms with Crippen molar-refractivity contribution in [2.45, 2.75) is 0 Å². The Morgan fingerprint density at radius 2 is 1.75 bits per heavy atom. The maximum Gasteiger partial charge on any atom is 0.306 e. The Balaban J connectivity index is 0. The van der Waals surface area contributed by atoms with Crippen molar-refractivity contribution in [3.05, 3.63) is 0 Å². The molecule has 0 aromatic rings. The molecule has 5 N–H and O–H groups in total. The van der Waals surface area contributed by atoms with Crippen LogP contribution in [0.4, 0.5) is 0 Å². The molecule has 0 atom stereocenters. The van der Waals surface area contributed by atoms with E-state index in [0.717, 1.165) is 6.41 Å². The smallest absolute Gasteiger partial charge is 0.306 e. The maximum atomic E-state index is 8.46. The highest BCUT2D eigenvalue weighted by Crippen LogP contribution is 0.809. The summed E-state index contributed by atoms with van der Waals surface area (Å²) in [5, 5.41) is 0. The zero-order valence-corrected chi connectivity index (χ0v) is 2.19. The highest BCUT2D eigenvalue weighted by molar-refractivity contribution is 5.43. The molecule has 0 aliphatic rings. The van der Waals surface area contributed by atoms with Gasteiger partial charge < -0.3 is 11.9 Å². The zero-order valence-electron chi connectivity index (χ0n) is 2.19. The summed E-state index contributed by atoms with van der Waals surface area (Å²) < 4.78 is 0. The highest BCUT2D eigenvalue weighted by atomic mass is 16.1. The Labute approximate surface area is 24.4 Å². The van der Waals surface area contributed by atoms with Crippen LogP contribution in [0.25, 0.3) is 0 Å². The van der Waals surface area contributed by atoms with Gasteiger partial charge in [0.25, 0.3) is 0 Å². The predicted molar refractivity (Wildman–Crippen MR) is 14.9 cm³/mol. The van der Waals surface area contributed by atoms with Crippen molar-refractivity contribution in [3.8, 4) is 0 Å². The minimum atomic E-state index is 0. The molecule has 0 saturated carbocycles. The van der Waals surface area contributed by atoms with Gasteiger partial charge in [0.15, 0.2) is 0 Å². The van der Waals surface area contributed by atoms with E-state index in [1.807, 2.05) is 0 Å². The maximum absolute atomic E-state index is 8.46. The van der Waals surface area contributed by atoms with E-state index in [9.17, 15) is 0 Å². The molecule has 3 nitrogen and oxygen atoms in total. The summed E-state index contributed by atoms with van der Waals surface area (Å²) in [5.74, 6) is 0. The molecular weight excluding hydrogens is 56.0 g/mol. The Bertz CT molecular complexity index is 13.5. The summed E-state index contributed by atoms with van der Waals surface area (Å²) in [6.07, 6.45) is 1.00. The quantitative estimate of drug-likeness (QED) is 0.359. The number of amides is 1. The number of hydrogen-bond donors (Lipinski definition) is 2. The fourth-order valence-corrected chi connectivity index (χ4v) is 0. The van der Waals surface area contributed by atoms with Gasteiger partial charge in [0.2, 0.25) is 0 Å². The predicted octanol–water partition coefficient (Wildman–Crippen LogP) is -0.826. The molecule has 0 aromatic heterocycles. The minimum Gasteiger partial charge on any atom is -0.361 e. The summed E-state index contributed by atoms with van der Waals surface area (Å²) in [4.78, 5) is 8.46. The fourth-order valence-electron chi connectivity index (χ4n) is 0. The van der Waals surface area contributed by atoms with E-state index in [-0.39, 0.29) is 6.15 Å². The standard InChI is InChI=1S/CH2NO.H3N/c2-1-3;/h(H2,2,3);1H3. The minimum absolute atomic E-state index is 0. The Morgan fingerprint density at radius 1 is 1.75 bits per heavy atom. The average Bonchev–Trinajstić information content (AvgIpc) is 0.918. The van der Waals surface area contributed by atoms with Gasteiger partial charge >= 0.3 is 6.41 Å². The molecule has 0 aromatic carbocycles. The second-order valence-electron chi connectivity index (χ2n) is 0.118. The van der Waals surface area contributed by atoms with Crippen molar-refractivity contribution in [2.75, 3.05) is 0 Å². The van der Waals surface area contributed by atoms with Crippen molar-refractivity contribution in [1.29, 1.82) is 0 Å². The van der Waals surface area contributed by atoms with Crippen LogP contribution >= 0.6 is 0 Å². The van der Waals surface area contributed by atoms with Crippen LogP contribution in [0, 0.1) is 0 Å². The summed E-state index contributed by atoms with van der Waals surface area (Å²) in [7, 11) is 0. The average molecular weight is 61.1 g/mol. The third-order valence-electron chi connectivity index (χ3n) is 0. The first-order valence-electron chi connectivity index (χ1n) is 0.493. The second kappa shape index (κ2) is 26.9. The van der Waals surface area contributed by atoms with Crippen LogP contribution < -0.4 is 11.9 Å². The van der Waals surface area contributed by atoms with Crippen molar-refractivity contribution >= 4 is 6.41 Å². The van der Waals surface area contributed by atoms with E-state index in [0.29, 0.717) is 0 Å². The summed E-state index contributed by atoms with van der Waals surface area (Å²) in [6, 6.07) is 0. The van der Waals surface area contributed by atoms with E-state index in [4.69, 9.17) is 4.79 Å². The van der Waals surface area contributed by atoms with E-state index in [1.165, 1.54) is 0 Å². The Kier molecular flexibility index (Phi) is 66.5. The highest BCUT2D eigenvalue weighted by Gasteiger charge is 1.25. The van der Waals surface area contributed by atoms with Crippen LogP contribution in [0.1, 0.15) is 0 Å². The first-order chi connectivity index (χ1) is 1.41. The van der Waals surface area contributed by atoms with Crippen LogP contribution in [0.5, 0.6) is 0 Å². The summed E-state index contributed by atoms with van der Waals surface area (Å²) in [6.45, 7) is 0. The van der Waals surface area contributed by atoms with E-state index >= 15 is 0 Å². The van der Waals surface area contributed by atoms with Gasteiger partial charge in [-0.2, -0.15) is 0 Å². The van der Waals surface area contributed by atoms with Gasteiger partial charge in [-0.3, -0.25) is 4.79 Å². The molecule has 0 fully saturated rings. The van der Waals surface area contributed by atoms with E-state index in [2.05, 4.69) is 5.73 Å². The van der Waals surface area contributed by atoms with Crippen molar-refractivity contribution in [2.24, 2.45) is 5.73 Å². The summed E-state index contributed by atoms with van der Waals surface area (Å²) in [5.41, 5.74) is 4.04. The third kappa shape index (κ3) is 0.814. The molecular formula is CH5N2O.